The van der Waals surface area contributed by atoms with Crippen LogP contribution in [0.15, 0.2) is 48.5 Å². The molecule has 2 amide bonds. The number of nitrogens with two attached hydrogens (primary N) is 2. The van der Waals surface area contributed by atoms with Crippen LogP contribution in [0.3, 0.4) is 0 Å². The van der Waals surface area contributed by atoms with Gasteiger partial charge < -0.3 is 16.8 Å². The Morgan fingerprint density at radius 1 is 1.05 bits per heavy atom. The number of nitrogens with one attached hydrogen (secondary N) is 1. The Balaban J connectivity index is 1.98. The highest BCUT2D eigenvalue weighted by Crippen LogP contribution is 2.15. The molecule has 0 saturated carbocycles. The molecule has 0 aliphatic heterocycles. The minimum absolute atomic E-state index is 0.175. The molecule has 0 spiro atoms. The third kappa shape index (κ3) is 4.07. The lowest BCUT2D eigenvalue weighted by atomic mass is 10.1. The maximum Gasteiger partial charge on any atom is 0.250 e. The van der Waals surface area contributed by atoms with E-state index in [1.807, 2.05) is 18.2 Å². The molecule has 0 saturated heterocycles. The van der Waals surface area contributed by atoms with Crippen molar-refractivity contribution < 1.29 is 9.59 Å². The first-order valence-corrected chi connectivity index (χ1v) is 6.59. The summed E-state index contributed by atoms with van der Waals surface area (Å²) in [7, 11) is 0. The molecule has 5 nitrogen and oxygen atoms in total. The van der Waals surface area contributed by atoms with Gasteiger partial charge in [0.15, 0.2) is 0 Å². The second kappa shape index (κ2) is 6.56. The number of para-hydroxylation sites is 1. The molecule has 5 N–H and O–H groups in total. The zero-order chi connectivity index (χ0) is 15.2. The molecule has 2 aromatic carbocycles. The standard InChI is InChI=1S/C16H17N3O2/c17-12-5-3-4-11(10-12)8-9-15(20)19-14-7-2-1-6-13(14)16(18)21/h1-7,10H,8-9,17H2,(H2,18,21)(H,19,20). The van der Waals surface area contributed by atoms with Crippen molar-refractivity contribution in [3.63, 3.8) is 0 Å². The van der Waals surface area contributed by atoms with E-state index in [1.165, 1.54) is 0 Å². The van der Waals surface area contributed by atoms with Crippen LogP contribution in [-0.2, 0) is 11.2 Å². The SMILES string of the molecule is NC(=O)c1ccccc1NC(=O)CCc1cccc(N)c1. The largest absolute Gasteiger partial charge is 0.399 e. The highest BCUT2D eigenvalue weighted by atomic mass is 16.2. The van der Waals surface area contributed by atoms with Gasteiger partial charge in [0, 0.05) is 12.1 Å². The number of benzene rings is 2. The molecular formula is C16H17N3O2. The summed E-state index contributed by atoms with van der Waals surface area (Å²) in [5.41, 5.74) is 13.4. The summed E-state index contributed by atoms with van der Waals surface area (Å²) in [6.45, 7) is 0. The van der Waals surface area contributed by atoms with Crippen LogP contribution in [-0.4, -0.2) is 11.8 Å². The number of carbonyl (C=O) groups is 2. The fourth-order valence-corrected chi connectivity index (χ4v) is 2.03. The zero-order valence-corrected chi connectivity index (χ0v) is 11.5. The van der Waals surface area contributed by atoms with Gasteiger partial charge in [0.05, 0.1) is 11.3 Å². The Labute approximate surface area is 123 Å². The second-order valence-corrected chi connectivity index (χ2v) is 4.70. The van der Waals surface area contributed by atoms with Gasteiger partial charge in [0.2, 0.25) is 5.91 Å². The lowest BCUT2D eigenvalue weighted by Gasteiger charge is -2.09. The van der Waals surface area contributed by atoms with Crippen molar-refractivity contribution in [1.29, 1.82) is 0 Å². The Morgan fingerprint density at radius 3 is 2.52 bits per heavy atom. The van der Waals surface area contributed by atoms with Gasteiger partial charge in [0.1, 0.15) is 0 Å². The van der Waals surface area contributed by atoms with E-state index >= 15 is 0 Å². The first kappa shape index (κ1) is 14.6. The first-order valence-electron chi connectivity index (χ1n) is 6.59. The number of anilines is 2. The number of aryl methyl sites for hydroxylation is 1. The number of carbonyl (C=O) groups excluding carboxylic acids is 2. The lowest BCUT2D eigenvalue weighted by Crippen LogP contribution is -2.18. The van der Waals surface area contributed by atoms with Gasteiger partial charge in [0.25, 0.3) is 5.91 Å². The highest BCUT2D eigenvalue weighted by Gasteiger charge is 2.10. The monoisotopic (exact) mass is 283 g/mol. The molecule has 0 aliphatic carbocycles. The number of hydrogen-bond acceptors (Lipinski definition) is 3. The van der Waals surface area contributed by atoms with E-state index in [4.69, 9.17) is 11.5 Å². The van der Waals surface area contributed by atoms with Crippen molar-refractivity contribution in [2.24, 2.45) is 5.73 Å². The van der Waals surface area contributed by atoms with Gasteiger partial charge in [-0.2, -0.15) is 0 Å². The van der Waals surface area contributed by atoms with Gasteiger partial charge >= 0.3 is 0 Å². The van der Waals surface area contributed by atoms with Crippen molar-refractivity contribution in [1.82, 2.24) is 0 Å². The molecule has 0 fully saturated rings. The summed E-state index contributed by atoms with van der Waals surface area (Å²) >= 11 is 0. The average molecular weight is 283 g/mol. The highest BCUT2D eigenvalue weighted by molar-refractivity contribution is 6.02. The normalized spacial score (nSPS) is 10.1. The third-order valence-corrected chi connectivity index (χ3v) is 3.06. The zero-order valence-electron chi connectivity index (χ0n) is 11.5. The van der Waals surface area contributed by atoms with E-state index in [0.29, 0.717) is 29.8 Å². The molecule has 0 aromatic heterocycles. The Kier molecular flexibility index (Phi) is 4.56. The molecule has 108 valence electrons. The van der Waals surface area contributed by atoms with Gasteiger partial charge in [-0.05, 0) is 36.2 Å². The van der Waals surface area contributed by atoms with Crippen molar-refractivity contribution in [2.45, 2.75) is 12.8 Å². The second-order valence-electron chi connectivity index (χ2n) is 4.70. The van der Waals surface area contributed by atoms with Crippen molar-refractivity contribution in [3.05, 3.63) is 59.7 Å². The number of amides is 2. The summed E-state index contributed by atoms with van der Waals surface area (Å²) in [5, 5.41) is 2.71. The summed E-state index contributed by atoms with van der Waals surface area (Å²) in [4.78, 5) is 23.2. The van der Waals surface area contributed by atoms with Crippen LogP contribution in [0.5, 0.6) is 0 Å². The quantitative estimate of drug-likeness (QED) is 0.731. The van der Waals surface area contributed by atoms with Crippen molar-refractivity contribution >= 4 is 23.2 Å². The van der Waals surface area contributed by atoms with E-state index in [1.54, 1.807) is 30.3 Å². The minimum Gasteiger partial charge on any atom is -0.399 e. The summed E-state index contributed by atoms with van der Waals surface area (Å²) in [5.74, 6) is -0.743. The molecule has 0 radical (unpaired) electrons. The predicted octanol–water partition coefficient (Wildman–Crippen LogP) is 1.94. The Bertz CT molecular complexity index is 668. The Hall–Kier alpha value is -2.82. The molecule has 2 aromatic rings. The molecule has 5 heteroatoms. The summed E-state index contributed by atoms with van der Waals surface area (Å²) in [6, 6.07) is 14.1. The van der Waals surface area contributed by atoms with E-state index in [-0.39, 0.29) is 5.91 Å². The fourth-order valence-electron chi connectivity index (χ4n) is 2.03. The number of primary amides is 1. The van der Waals surface area contributed by atoms with Crippen molar-refractivity contribution in [2.75, 3.05) is 11.1 Å². The minimum atomic E-state index is -0.568. The van der Waals surface area contributed by atoms with Crippen LogP contribution >= 0.6 is 0 Å². The van der Waals surface area contributed by atoms with Gasteiger partial charge in [-0.25, -0.2) is 0 Å². The van der Waals surface area contributed by atoms with Crippen LogP contribution in [0.2, 0.25) is 0 Å². The molecule has 0 atom stereocenters. The van der Waals surface area contributed by atoms with Crippen LogP contribution in [0.1, 0.15) is 22.3 Å². The summed E-state index contributed by atoms with van der Waals surface area (Å²) < 4.78 is 0. The molecule has 2 rings (SSSR count). The van der Waals surface area contributed by atoms with Crippen LogP contribution in [0, 0.1) is 0 Å². The number of nitrogen functional groups attached to an aromatic ring is 1. The van der Waals surface area contributed by atoms with Crippen LogP contribution in [0.25, 0.3) is 0 Å². The number of hydrogen-bond donors (Lipinski definition) is 3. The topological polar surface area (TPSA) is 98.2 Å². The molecular weight excluding hydrogens is 266 g/mol. The van der Waals surface area contributed by atoms with Crippen LogP contribution < -0.4 is 16.8 Å². The molecule has 0 aliphatic rings. The van der Waals surface area contributed by atoms with E-state index in [9.17, 15) is 9.59 Å². The maximum atomic E-state index is 12.0. The van der Waals surface area contributed by atoms with Gasteiger partial charge in [-0.3, -0.25) is 9.59 Å². The molecule has 0 unspecified atom stereocenters. The average Bonchev–Trinajstić information content (AvgIpc) is 2.45. The van der Waals surface area contributed by atoms with Gasteiger partial charge in [-0.1, -0.05) is 24.3 Å². The van der Waals surface area contributed by atoms with E-state index < -0.39 is 5.91 Å². The van der Waals surface area contributed by atoms with Crippen LogP contribution in [0.4, 0.5) is 11.4 Å². The predicted molar refractivity (Wildman–Crippen MR) is 82.8 cm³/mol. The molecule has 21 heavy (non-hydrogen) atoms. The maximum absolute atomic E-state index is 12.0. The first-order chi connectivity index (χ1) is 10.1. The Morgan fingerprint density at radius 2 is 1.81 bits per heavy atom. The van der Waals surface area contributed by atoms with E-state index in [0.717, 1.165) is 5.56 Å². The van der Waals surface area contributed by atoms with Crippen molar-refractivity contribution in [3.8, 4) is 0 Å². The van der Waals surface area contributed by atoms with E-state index in [2.05, 4.69) is 5.32 Å². The fraction of sp³-hybridized carbons (Fsp3) is 0.125. The number of rotatable bonds is 5. The third-order valence-electron chi connectivity index (χ3n) is 3.06. The molecule has 0 bridgehead atoms. The lowest BCUT2D eigenvalue weighted by molar-refractivity contribution is -0.116. The molecule has 0 heterocycles. The summed E-state index contributed by atoms with van der Waals surface area (Å²) in [6.07, 6.45) is 0.881. The smallest absolute Gasteiger partial charge is 0.250 e. The van der Waals surface area contributed by atoms with Gasteiger partial charge in [-0.15, -0.1) is 0 Å².